The lowest BCUT2D eigenvalue weighted by Gasteiger charge is -2.05. The Bertz CT molecular complexity index is 816. The number of nitrogens with two attached hydrogens (primary N) is 1. The number of hydrogen-bond donors (Lipinski definition) is 1. The zero-order valence-electron chi connectivity index (χ0n) is 11.1. The highest BCUT2D eigenvalue weighted by Crippen LogP contribution is 2.39. The molecule has 21 heavy (non-hydrogen) atoms. The molecule has 0 aliphatic rings. The van der Waals surface area contributed by atoms with E-state index in [-0.39, 0.29) is 10.8 Å². The number of anilines is 1. The quantitative estimate of drug-likeness (QED) is 0.774. The number of nitrogen functional groups attached to an aromatic ring is 1. The maximum atomic E-state index is 13.2. The third kappa shape index (κ3) is 2.48. The van der Waals surface area contributed by atoms with Crippen LogP contribution < -0.4 is 5.73 Å². The second-order valence-electron chi connectivity index (χ2n) is 4.65. The van der Waals surface area contributed by atoms with Gasteiger partial charge in [-0.2, -0.15) is 0 Å². The minimum absolute atomic E-state index is 0.194. The molecule has 0 spiro atoms. The molecular formula is C15H11ClFN3O. The van der Waals surface area contributed by atoms with E-state index in [4.69, 9.17) is 21.9 Å². The molecule has 1 aromatic carbocycles. The lowest BCUT2D eigenvalue weighted by atomic mass is 10.0. The van der Waals surface area contributed by atoms with Crippen molar-refractivity contribution >= 4 is 17.4 Å². The summed E-state index contributed by atoms with van der Waals surface area (Å²) >= 11 is 6.10. The van der Waals surface area contributed by atoms with Crippen LogP contribution in [0.3, 0.4) is 0 Å². The topological polar surface area (TPSA) is 64.9 Å². The van der Waals surface area contributed by atoms with Crippen LogP contribution in [0.2, 0.25) is 5.02 Å². The van der Waals surface area contributed by atoms with Gasteiger partial charge in [0.05, 0.1) is 10.6 Å². The average Bonchev–Trinajstić information content (AvgIpc) is 2.81. The molecule has 0 aliphatic heterocycles. The Labute approximate surface area is 125 Å². The van der Waals surface area contributed by atoms with Gasteiger partial charge in [-0.25, -0.2) is 4.39 Å². The maximum Gasteiger partial charge on any atom is 0.178 e. The summed E-state index contributed by atoms with van der Waals surface area (Å²) in [6.07, 6.45) is 3.38. The van der Waals surface area contributed by atoms with Gasteiger partial charge in [-0.3, -0.25) is 4.98 Å². The van der Waals surface area contributed by atoms with Crippen molar-refractivity contribution in [2.75, 3.05) is 5.73 Å². The SMILES string of the molecule is Cc1cncc(-c2onc(N)c2-c2ccc(F)cc2Cl)c1. The highest BCUT2D eigenvalue weighted by molar-refractivity contribution is 6.33. The number of nitrogens with zero attached hydrogens (tertiary/aromatic N) is 2. The van der Waals surface area contributed by atoms with Gasteiger partial charge >= 0.3 is 0 Å². The molecule has 0 fully saturated rings. The van der Waals surface area contributed by atoms with Crippen molar-refractivity contribution in [2.45, 2.75) is 6.92 Å². The Balaban J connectivity index is 2.22. The van der Waals surface area contributed by atoms with Crippen LogP contribution in [0.15, 0.2) is 41.2 Å². The Morgan fingerprint density at radius 2 is 2.05 bits per heavy atom. The lowest BCUT2D eigenvalue weighted by Crippen LogP contribution is -1.91. The largest absolute Gasteiger partial charge is 0.380 e. The minimum Gasteiger partial charge on any atom is -0.380 e. The first kappa shape index (κ1) is 13.6. The maximum absolute atomic E-state index is 13.2. The van der Waals surface area contributed by atoms with E-state index < -0.39 is 5.82 Å². The summed E-state index contributed by atoms with van der Waals surface area (Å²) in [5.74, 6) is 0.231. The fourth-order valence-corrected chi connectivity index (χ4v) is 2.39. The molecule has 0 unspecified atom stereocenters. The fraction of sp³-hybridized carbons (Fsp3) is 0.0667. The number of aromatic nitrogens is 2. The van der Waals surface area contributed by atoms with Gasteiger partial charge in [0.15, 0.2) is 11.6 Å². The van der Waals surface area contributed by atoms with Crippen LogP contribution in [0.5, 0.6) is 0 Å². The smallest absolute Gasteiger partial charge is 0.178 e. The molecule has 106 valence electrons. The summed E-state index contributed by atoms with van der Waals surface area (Å²) in [4.78, 5) is 4.12. The van der Waals surface area contributed by atoms with Crippen LogP contribution in [0.4, 0.5) is 10.2 Å². The summed E-state index contributed by atoms with van der Waals surface area (Å²) in [6, 6.07) is 5.98. The van der Waals surface area contributed by atoms with Crippen LogP contribution in [0.1, 0.15) is 5.56 Å². The number of halogens is 2. The normalized spacial score (nSPS) is 10.8. The summed E-state index contributed by atoms with van der Waals surface area (Å²) in [6.45, 7) is 1.92. The molecule has 4 nitrogen and oxygen atoms in total. The first-order chi connectivity index (χ1) is 10.1. The molecule has 0 saturated heterocycles. The van der Waals surface area contributed by atoms with E-state index in [0.29, 0.717) is 16.9 Å². The third-order valence-corrected chi connectivity index (χ3v) is 3.37. The van der Waals surface area contributed by atoms with E-state index in [1.807, 2.05) is 13.0 Å². The van der Waals surface area contributed by atoms with Crippen molar-refractivity contribution in [3.05, 3.63) is 53.1 Å². The van der Waals surface area contributed by atoms with Crippen molar-refractivity contribution in [1.29, 1.82) is 0 Å². The summed E-state index contributed by atoms with van der Waals surface area (Å²) in [5, 5.41) is 4.03. The number of pyridine rings is 1. The molecule has 0 amide bonds. The molecular weight excluding hydrogens is 293 g/mol. The molecule has 0 bridgehead atoms. The first-order valence-electron chi connectivity index (χ1n) is 6.19. The van der Waals surface area contributed by atoms with Gasteiger partial charge in [-0.05, 0) is 36.8 Å². The predicted octanol–water partition coefficient (Wildman–Crippen LogP) is 4.09. The lowest BCUT2D eigenvalue weighted by molar-refractivity contribution is 0.436. The van der Waals surface area contributed by atoms with E-state index in [9.17, 15) is 4.39 Å². The molecule has 2 aromatic heterocycles. The second kappa shape index (κ2) is 5.18. The second-order valence-corrected chi connectivity index (χ2v) is 5.05. The fourth-order valence-electron chi connectivity index (χ4n) is 2.13. The van der Waals surface area contributed by atoms with Crippen molar-refractivity contribution in [2.24, 2.45) is 0 Å². The zero-order chi connectivity index (χ0) is 15.0. The zero-order valence-corrected chi connectivity index (χ0v) is 11.9. The van der Waals surface area contributed by atoms with Crippen LogP contribution in [0, 0.1) is 12.7 Å². The van der Waals surface area contributed by atoms with Crippen LogP contribution in [-0.4, -0.2) is 10.1 Å². The van der Waals surface area contributed by atoms with Crippen LogP contribution in [0.25, 0.3) is 22.5 Å². The number of rotatable bonds is 2. The summed E-state index contributed by atoms with van der Waals surface area (Å²) < 4.78 is 18.5. The van der Waals surface area contributed by atoms with Crippen LogP contribution >= 0.6 is 11.6 Å². The molecule has 3 aromatic rings. The first-order valence-corrected chi connectivity index (χ1v) is 6.56. The van der Waals surface area contributed by atoms with Crippen LogP contribution in [-0.2, 0) is 0 Å². The molecule has 0 atom stereocenters. The van der Waals surface area contributed by atoms with Crippen molar-refractivity contribution in [1.82, 2.24) is 10.1 Å². The molecule has 0 radical (unpaired) electrons. The van der Waals surface area contributed by atoms with Gasteiger partial charge in [-0.15, -0.1) is 0 Å². The molecule has 3 rings (SSSR count). The van der Waals surface area contributed by atoms with E-state index in [2.05, 4.69) is 10.1 Å². The Hall–Kier alpha value is -2.40. The highest BCUT2D eigenvalue weighted by Gasteiger charge is 2.20. The van der Waals surface area contributed by atoms with Gasteiger partial charge in [-0.1, -0.05) is 16.8 Å². The number of benzene rings is 1. The highest BCUT2D eigenvalue weighted by atomic mass is 35.5. The molecule has 0 aliphatic carbocycles. The number of aryl methyl sites for hydroxylation is 1. The predicted molar refractivity (Wildman–Crippen MR) is 79.3 cm³/mol. The van der Waals surface area contributed by atoms with Gasteiger partial charge in [0.25, 0.3) is 0 Å². The van der Waals surface area contributed by atoms with E-state index >= 15 is 0 Å². The summed E-state index contributed by atoms with van der Waals surface area (Å²) in [5.41, 5.74) is 8.68. The Morgan fingerprint density at radius 3 is 2.76 bits per heavy atom. The average molecular weight is 304 g/mol. The monoisotopic (exact) mass is 303 g/mol. The Kier molecular flexibility index (Phi) is 3.35. The van der Waals surface area contributed by atoms with Crippen molar-refractivity contribution < 1.29 is 8.91 Å². The minimum atomic E-state index is -0.419. The third-order valence-electron chi connectivity index (χ3n) is 3.06. The number of hydrogen-bond acceptors (Lipinski definition) is 4. The molecule has 2 N–H and O–H groups in total. The van der Waals surface area contributed by atoms with Gasteiger partial charge in [0.1, 0.15) is 5.82 Å². The van der Waals surface area contributed by atoms with E-state index in [1.165, 1.54) is 12.1 Å². The van der Waals surface area contributed by atoms with Gasteiger partial charge in [0.2, 0.25) is 0 Å². The van der Waals surface area contributed by atoms with Crippen molar-refractivity contribution in [3.8, 4) is 22.5 Å². The van der Waals surface area contributed by atoms with Gasteiger partial charge < -0.3 is 10.3 Å². The molecule has 0 saturated carbocycles. The Morgan fingerprint density at radius 1 is 1.24 bits per heavy atom. The summed E-state index contributed by atoms with van der Waals surface area (Å²) in [7, 11) is 0. The van der Waals surface area contributed by atoms with E-state index in [1.54, 1.807) is 18.5 Å². The standard InChI is InChI=1S/C15H11ClFN3O/c1-8-4-9(7-19-6-8)14-13(15(18)20-21-14)11-3-2-10(17)5-12(11)16/h2-7H,1H3,(H2,18,20). The van der Waals surface area contributed by atoms with Gasteiger partial charge in [0, 0.05) is 23.5 Å². The molecule has 6 heteroatoms. The van der Waals surface area contributed by atoms with Crippen molar-refractivity contribution in [3.63, 3.8) is 0 Å². The van der Waals surface area contributed by atoms with E-state index in [0.717, 1.165) is 11.1 Å². The molecule has 2 heterocycles.